The highest BCUT2D eigenvalue weighted by Crippen LogP contribution is 2.18. The maximum absolute atomic E-state index is 11.9. The second-order valence-corrected chi connectivity index (χ2v) is 5.13. The summed E-state index contributed by atoms with van der Waals surface area (Å²) in [7, 11) is 0. The van der Waals surface area contributed by atoms with Crippen LogP contribution in [-0.2, 0) is 0 Å². The average molecular weight is 335 g/mol. The van der Waals surface area contributed by atoms with E-state index in [0.717, 1.165) is 16.6 Å². The molecule has 0 aliphatic rings. The quantitative estimate of drug-likeness (QED) is 0.598. The molecule has 0 bridgehead atoms. The van der Waals surface area contributed by atoms with E-state index in [-0.39, 0.29) is 5.97 Å². The Morgan fingerprint density at radius 1 is 1.00 bits per heavy atom. The highest BCUT2D eigenvalue weighted by molar-refractivity contribution is 9.10. The van der Waals surface area contributed by atoms with Gasteiger partial charge < -0.3 is 9.47 Å². The third-order valence-corrected chi connectivity index (χ3v) is 3.12. The Kier molecular flexibility index (Phi) is 5.18. The fourth-order valence-electron chi connectivity index (χ4n) is 1.58. The monoisotopic (exact) mass is 334 g/mol. The van der Waals surface area contributed by atoms with Crippen LogP contribution < -0.4 is 9.47 Å². The van der Waals surface area contributed by atoms with E-state index in [0.29, 0.717) is 17.9 Å². The SMILES string of the molecule is CCCOc1ccc(C(=O)Oc2ccc(Br)cc2)cc1. The van der Waals surface area contributed by atoms with Crippen LogP contribution in [0.5, 0.6) is 11.5 Å². The molecule has 20 heavy (non-hydrogen) atoms. The fourth-order valence-corrected chi connectivity index (χ4v) is 1.84. The second kappa shape index (κ2) is 7.10. The minimum atomic E-state index is -0.380. The molecule has 0 spiro atoms. The van der Waals surface area contributed by atoms with Gasteiger partial charge in [0.15, 0.2) is 0 Å². The normalized spacial score (nSPS) is 10.1. The minimum Gasteiger partial charge on any atom is -0.494 e. The van der Waals surface area contributed by atoms with Crippen LogP contribution in [0.2, 0.25) is 0 Å². The van der Waals surface area contributed by atoms with Gasteiger partial charge in [0.25, 0.3) is 0 Å². The van der Waals surface area contributed by atoms with Gasteiger partial charge in [-0.05, 0) is 55.0 Å². The smallest absolute Gasteiger partial charge is 0.343 e. The summed E-state index contributed by atoms with van der Waals surface area (Å²) in [6, 6.07) is 14.1. The third-order valence-electron chi connectivity index (χ3n) is 2.59. The molecule has 2 aromatic rings. The van der Waals surface area contributed by atoms with Crippen molar-refractivity contribution < 1.29 is 14.3 Å². The number of rotatable bonds is 5. The Morgan fingerprint density at radius 2 is 1.60 bits per heavy atom. The summed E-state index contributed by atoms with van der Waals surface area (Å²) in [5.74, 6) is 0.894. The molecule has 0 aliphatic carbocycles. The summed E-state index contributed by atoms with van der Waals surface area (Å²) in [5.41, 5.74) is 0.497. The Labute approximate surface area is 126 Å². The van der Waals surface area contributed by atoms with Crippen LogP contribution >= 0.6 is 15.9 Å². The van der Waals surface area contributed by atoms with Crippen molar-refractivity contribution in [3.63, 3.8) is 0 Å². The Morgan fingerprint density at radius 3 is 2.20 bits per heavy atom. The first kappa shape index (κ1) is 14.6. The molecule has 0 fully saturated rings. The van der Waals surface area contributed by atoms with Crippen molar-refractivity contribution in [2.24, 2.45) is 0 Å². The molecule has 0 aliphatic heterocycles. The van der Waals surface area contributed by atoms with Crippen molar-refractivity contribution in [3.8, 4) is 11.5 Å². The number of carbonyl (C=O) groups is 1. The van der Waals surface area contributed by atoms with Crippen LogP contribution in [0.1, 0.15) is 23.7 Å². The number of ether oxygens (including phenoxy) is 2. The van der Waals surface area contributed by atoms with E-state index in [4.69, 9.17) is 9.47 Å². The molecule has 0 radical (unpaired) electrons. The summed E-state index contributed by atoms with van der Waals surface area (Å²) in [6.45, 7) is 2.71. The van der Waals surface area contributed by atoms with E-state index in [1.54, 1.807) is 36.4 Å². The van der Waals surface area contributed by atoms with E-state index in [2.05, 4.69) is 15.9 Å². The lowest BCUT2D eigenvalue weighted by atomic mass is 10.2. The van der Waals surface area contributed by atoms with Gasteiger partial charge in [-0.2, -0.15) is 0 Å². The van der Waals surface area contributed by atoms with E-state index in [1.807, 2.05) is 19.1 Å². The maximum Gasteiger partial charge on any atom is 0.343 e. The van der Waals surface area contributed by atoms with Gasteiger partial charge in [0, 0.05) is 4.47 Å². The molecule has 0 heterocycles. The zero-order chi connectivity index (χ0) is 14.4. The molecule has 0 amide bonds. The molecule has 0 atom stereocenters. The summed E-state index contributed by atoms with van der Waals surface area (Å²) in [5, 5.41) is 0. The van der Waals surface area contributed by atoms with Gasteiger partial charge in [-0.1, -0.05) is 22.9 Å². The summed E-state index contributed by atoms with van der Waals surface area (Å²) < 4.78 is 11.7. The van der Waals surface area contributed by atoms with Crippen molar-refractivity contribution in [1.29, 1.82) is 0 Å². The predicted octanol–water partition coefficient (Wildman–Crippen LogP) is 4.46. The average Bonchev–Trinajstić information content (AvgIpc) is 2.48. The van der Waals surface area contributed by atoms with Crippen LogP contribution in [0.4, 0.5) is 0 Å². The molecule has 0 N–H and O–H groups in total. The largest absolute Gasteiger partial charge is 0.494 e. The molecule has 2 rings (SSSR count). The number of halogens is 1. The van der Waals surface area contributed by atoms with Gasteiger partial charge in [-0.15, -0.1) is 0 Å². The zero-order valence-electron chi connectivity index (χ0n) is 11.1. The zero-order valence-corrected chi connectivity index (χ0v) is 12.7. The highest BCUT2D eigenvalue weighted by atomic mass is 79.9. The molecule has 0 saturated carbocycles. The summed E-state index contributed by atoms with van der Waals surface area (Å²) >= 11 is 3.33. The van der Waals surface area contributed by atoms with Gasteiger partial charge in [-0.25, -0.2) is 4.79 Å². The predicted molar refractivity (Wildman–Crippen MR) is 81.3 cm³/mol. The van der Waals surface area contributed by atoms with E-state index < -0.39 is 0 Å². The molecule has 0 unspecified atom stereocenters. The van der Waals surface area contributed by atoms with Gasteiger partial charge in [0.05, 0.1) is 12.2 Å². The lowest BCUT2D eigenvalue weighted by molar-refractivity contribution is 0.0734. The maximum atomic E-state index is 11.9. The number of hydrogen-bond donors (Lipinski definition) is 0. The lowest BCUT2D eigenvalue weighted by Gasteiger charge is -2.06. The number of carbonyl (C=O) groups excluding carboxylic acids is 1. The molecule has 3 nitrogen and oxygen atoms in total. The van der Waals surface area contributed by atoms with Gasteiger partial charge >= 0.3 is 5.97 Å². The van der Waals surface area contributed by atoms with Crippen LogP contribution in [0.3, 0.4) is 0 Å². The topological polar surface area (TPSA) is 35.5 Å². The van der Waals surface area contributed by atoms with Crippen molar-refractivity contribution in [2.45, 2.75) is 13.3 Å². The van der Waals surface area contributed by atoms with Crippen LogP contribution in [0.15, 0.2) is 53.0 Å². The Hall–Kier alpha value is -1.81. The van der Waals surface area contributed by atoms with Gasteiger partial charge in [-0.3, -0.25) is 0 Å². The molecule has 2 aromatic carbocycles. The highest BCUT2D eigenvalue weighted by Gasteiger charge is 2.08. The van der Waals surface area contributed by atoms with Crippen molar-refractivity contribution in [2.75, 3.05) is 6.61 Å². The molecule has 4 heteroatoms. The molecular formula is C16H15BrO3. The Bertz CT molecular complexity index is 561. The summed E-state index contributed by atoms with van der Waals surface area (Å²) in [6.07, 6.45) is 0.952. The first-order valence-corrected chi connectivity index (χ1v) is 7.19. The lowest BCUT2D eigenvalue weighted by Crippen LogP contribution is -2.08. The minimum absolute atomic E-state index is 0.380. The molecule has 0 saturated heterocycles. The number of benzene rings is 2. The van der Waals surface area contributed by atoms with Crippen LogP contribution in [0, 0.1) is 0 Å². The van der Waals surface area contributed by atoms with Crippen molar-refractivity contribution in [1.82, 2.24) is 0 Å². The number of hydrogen-bond acceptors (Lipinski definition) is 3. The fraction of sp³-hybridized carbons (Fsp3) is 0.188. The second-order valence-electron chi connectivity index (χ2n) is 4.22. The summed E-state index contributed by atoms with van der Waals surface area (Å²) in [4.78, 5) is 11.9. The third kappa shape index (κ3) is 4.10. The Balaban J connectivity index is 2.00. The first-order chi connectivity index (χ1) is 9.69. The van der Waals surface area contributed by atoms with Crippen LogP contribution in [-0.4, -0.2) is 12.6 Å². The molecular weight excluding hydrogens is 320 g/mol. The van der Waals surface area contributed by atoms with Crippen LogP contribution in [0.25, 0.3) is 0 Å². The van der Waals surface area contributed by atoms with E-state index in [1.165, 1.54) is 0 Å². The van der Waals surface area contributed by atoms with E-state index in [9.17, 15) is 4.79 Å². The first-order valence-electron chi connectivity index (χ1n) is 6.39. The van der Waals surface area contributed by atoms with Gasteiger partial charge in [0.2, 0.25) is 0 Å². The molecule has 0 aromatic heterocycles. The van der Waals surface area contributed by atoms with E-state index >= 15 is 0 Å². The molecule has 104 valence electrons. The van der Waals surface area contributed by atoms with Crippen molar-refractivity contribution >= 4 is 21.9 Å². The number of esters is 1. The van der Waals surface area contributed by atoms with Gasteiger partial charge in [0.1, 0.15) is 11.5 Å². The van der Waals surface area contributed by atoms with Crippen molar-refractivity contribution in [3.05, 3.63) is 58.6 Å². The standard InChI is InChI=1S/C16H15BrO3/c1-2-11-19-14-7-3-12(4-8-14)16(18)20-15-9-5-13(17)6-10-15/h3-10H,2,11H2,1H3.